The highest BCUT2D eigenvalue weighted by Crippen LogP contribution is 2.29. The van der Waals surface area contributed by atoms with Crippen molar-refractivity contribution in [3.05, 3.63) is 57.8 Å². The molecule has 0 aliphatic rings. The van der Waals surface area contributed by atoms with Gasteiger partial charge in [0.15, 0.2) is 0 Å². The van der Waals surface area contributed by atoms with Gasteiger partial charge in [-0.1, -0.05) is 29.3 Å². The van der Waals surface area contributed by atoms with E-state index in [-0.39, 0.29) is 16.0 Å². The number of nitrogens with two attached hydrogens (primary N) is 1. The van der Waals surface area contributed by atoms with Crippen LogP contribution in [0.25, 0.3) is 0 Å². The number of halogens is 2. The molecule has 0 aliphatic heterocycles. The molecule has 20 heavy (non-hydrogen) atoms. The Morgan fingerprint density at radius 1 is 1.40 bits per heavy atom. The standard InChI is InChI=1S/C14H13Cl2N3O/c1-19(8-9-3-2-4-18-7-9)14(20)11-5-10(17)6-12(15)13(11)16/h2-7H,8,17H2,1H3. The van der Waals surface area contributed by atoms with Crippen LogP contribution >= 0.6 is 23.2 Å². The van der Waals surface area contributed by atoms with Crippen LogP contribution in [0, 0.1) is 0 Å². The third-order valence-corrected chi connectivity index (χ3v) is 3.57. The first-order valence-corrected chi connectivity index (χ1v) is 6.63. The van der Waals surface area contributed by atoms with Gasteiger partial charge in [-0.05, 0) is 23.8 Å². The molecule has 1 heterocycles. The molecule has 0 atom stereocenters. The molecule has 104 valence electrons. The summed E-state index contributed by atoms with van der Waals surface area (Å²) in [7, 11) is 1.68. The molecule has 2 aromatic rings. The Morgan fingerprint density at radius 3 is 2.80 bits per heavy atom. The first kappa shape index (κ1) is 14.6. The summed E-state index contributed by atoms with van der Waals surface area (Å²) in [6.07, 6.45) is 3.39. The number of rotatable bonds is 3. The molecular formula is C14H13Cl2N3O. The van der Waals surface area contributed by atoms with Crippen molar-refractivity contribution in [1.82, 2.24) is 9.88 Å². The number of benzene rings is 1. The van der Waals surface area contributed by atoms with Crippen molar-refractivity contribution < 1.29 is 4.79 Å². The number of carbonyl (C=O) groups is 1. The number of hydrogen-bond donors (Lipinski definition) is 1. The van der Waals surface area contributed by atoms with E-state index in [9.17, 15) is 4.79 Å². The third kappa shape index (κ3) is 3.21. The first-order valence-electron chi connectivity index (χ1n) is 5.88. The van der Waals surface area contributed by atoms with Crippen LogP contribution in [0.2, 0.25) is 10.0 Å². The maximum Gasteiger partial charge on any atom is 0.255 e. The highest BCUT2D eigenvalue weighted by Gasteiger charge is 2.18. The van der Waals surface area contributed by atoms with Crippen molar-refractivity contribution in [2.45, 2.75) is 6.54 Å². The van der Waals surface area contributed by atoms with E-state index >= 15 is 0 Å². The van der Waals surface area contributed by atoms with E-state index in [2.05, 4.69) is 4.98 Å². The van der Waals surface area contributed by atoms with E-state index in [1.54, 1.807) is 19.4 Å². The van der Waals surface area contributed by atoms with Gasteiger partial charge < -0.3 is 10.6 Å². The average Bonchev–Trinajstić information content (AvgIpc) is 2.43. The summed E-state index contributed by atoms with van der Waals surface area (Å²) in [6.45, 7) is 0.426. The van der Waals surface area contributed by atoms with E-state index in [1.165, 1.54) is 17.0 Å². The number of hydrogen-bond acceptors (Lipinski definition) is 3. The first-order chi connectivity index (χ1) is 9.49. The highest BCUT2D eigenvalue weighted by molar-refractivity contribution is 6.44. The topological polar surface area (TPSA) is 59.2 Å². The summed E-state index contributed by atoms with van der Waals surface area (Å²) in [6, 6.07) is 6.75. The molecule has 6 heteroatoms. The maximum absolute atomic E-state index is 12.4. The number of nitrogens with zero attached hydrogens (tertiary/aromatic N) is 2. The maximum atomic E-state index is 12.4. The lowest BCUT2D eigenvalue weighted by atomic mass is 10.1. The lowest BCUT2D eigenvalue weighted by Crippen LogP contribution is -2.26. The van der Waals surface area contributed by atoms with Gasteiger partial charge in [0, 0.05) is 31.7 Å². The van der Waals surface area contributed by atoms with Crippen LogP contribution in [0.5, 0.6) is 0 Å². The average molecular weight is 310 g/mol. The predicted molar refractivity (Wildman–Crippen MR) is 80.9 cm³/mol. The number of anilines is 1. The van der Waals surface area contributed by atoms with Crippen molar-refractivity contribution in [3.8, 4) is 0 Å². The Bertz CT molecular complexity index is 632. The van der Waals surface area contributed by atoms with Crippen LogP contribution in [-0.2, 0) is 6.54 Å². The Morgan fingerprint density at radius 2 is 2.15 bits per heavy atom. The minimum Gasteiger partial charge on any atom is -0.399 e. The molecule has 2 rings (SSSR count). The van der Waals surface area contributed by atoms with E-state index in [4.69, 9.17) is 28.9 Å². The molecule has 0 saturated carbocycles. The lowest BCUT2D eigenvalue weighted by molar-refractivity contribution is 0.0785. The summed E-state index contributed by atoms with van der Waals surface area (Å²) in [5.41, 5.74) is 7.32. The second kappa shape index (κ2) is 6.11. The molecule has 0 saturated heterocycles. The number of aromatic nitrogens is 1. The smallest absolute Gasteiger partial charge is 0.255 e. The van der Waals surface area contributed by atoms with Gasteiger partial charge in [-0.25, -0.2) is 0 Å². The SMILES string of the molecule is CN(Cc1cccnc1)C(=O)c1cc(N)cc(Cl)c1Cl. The Labute approximate surface area is 127 Å². The quantitative estimate of drug-likeness (QED) is 0.885. The summed E-state index contributed by atoms with van der Waals surface area (Å²) < 4.78 is 0. The highest BCUT2D eigenvalue weighted by atomic mass is 35.5. The number of carbonyl (C=O) groups excluding carboxylic acids is 1. The number of nitrogen functional groups attached to an aromatic ring is 1. The monoisotopic (exact) mass is 309 g/mol. The van der Waals surface area contributed by atoms with Crippen molar-refractivity contribution in [2.75, 3.05) is 12.8 Å². The van der Waals surface area contributed by atoms with E-state index in [1.807, 2.05) is 12.1 Å². The minimum absolute atomic E-state index is 0.212. The second-order valence-corrected chi connectivity index (χ2v) is 5.17. The number of amides is 1. The molecule has 0 spiro atoms. The second-order valence-electron chi connectivity index (χ2n) is 4.39. The van der Waals surface area contributed by atoms with Gasteiger partial charge in [0.05, 0.1) is 15.6 Å². The van der Waals surface area contributed by atoms with Crippen molar-refractivity contribution in [2.24, 2.45) is 0 Å². The fourth-order valence-electron chi connectivity index (χ4n) is 1.81. The normalized spacial score (nSPS) is 10.3. The molecule has 1 amide bonds. The largest absolute Gasteiger partial charge is 0.399 e. The van der Waals surface area contributed by atoms with Gasteiger partial charge in [-0.15, -0.1) is 0 Å². The van der Waals surface area contributed by atoms with E-state index in [0.29, 0.717) is 17.8 Å². The summed E-state index contributed by atoms with van der Waals surface area (Å²) in [4.78, 5) is 17.9. The predicted octanol–water partition coefficient (Wildman–Crippen LogP) is 3.24. The van der Waals surface area contributed by atoms with Crippen LogP contribution in [0.3, 0.4) is 0 Å². The molecule has 1 aromatic carbocycles. The summed E-state index contributed by atoms with van der Waals surface area (Å²) >= 11 is 12.0. The van der Waals surface area contributed by atoms with Crippen LogP contribution in [0.1, 0.15) is 15.9 Å². The fourth-order valence-corrected chi connectivity index (χ4v) is 2.23. The van der Waals surface area contributed by atoms with Crippen molar-refractivity contribution in [3.63, 3.8) is 0 Å². The third-order valence-electron chi connectivity index (χ3n) is 2.77. The zero-order valence-electron chi connectivity index (χ0n) is 10.8. The number of pyridine rings is 1. The van der Waals surface area contributed by atoms with Crippen LogP contribution in [0.15, 0.2) is 36.7 Å². The van der Waals surface area contributed by atoms with Gasteiger partial charge in [-0.3, -0.25) is 9.78 Å². The molecule has 0 aliphatic carbocycles. The van der Waals surface area contributed by atoms with Crippen molar-refractivity contribution >= 4 is 34.8 Å². The molecular weight excluding hydrogens is 297 g/mol. The molecule has 0 bridgehead atoms. The zero-order valence-corrected chi connectivity index (χ0v) is 12.3. The van der Waals surface area contributed by atoms with Gasteiger partial charge in [0.1, 0.15) is 0 Å². The van der Waals surface area contributed by atoms with Gasteiger partial charge in [0.2, 0.25) is 0 Å². The molecule has 1 aromatic heterocycles. The van der Waals surface area contributed by atoms with E-state index in [0.717, 1.165) is 5.56 Å². The van der Waals surface area contributed by atoms with Gasteiger partial charge in [-0.2, -0.15) is 0 Å². The molecule has 2 N–H and O–H groups in total. The zero-order chi connectivity index (χ0) is 14.7. The Kier molecular flexibility index (Phi) is 4.47. The fraction of sp³-hybridized carbons (Fsp3) is 0.143. The van der Waals surface area contributed by atoms with Gasteiger partial charge >= 0.3 is 0 Å². The van der Waals surface area contributed by atoms with Gasteiger partial charge in [0.25, 0.3) is 5.91 Å². The minimum atomic E-state index is -0.243. The van der Waals surface area contributed by atoms with E-state index < -0.39 is 0 Å². The Hall–Kier alpha value is -1.78. The van der Waals surface area contributed by atoms with Crippen LogP contribution in [-0.4, -0.2) is 22.8 Å². The molecule has 4 nitrogen and oxygen atoms in total. The summed E-state index contributed by atoms with van der Waals surface area (Å²) in [5, 5.41) is 0.480. The van der Waals surface area contributed by atoms with Crippen LogP contribution in [0.4, 0.5) is 5.69 Å². The summed E-state index contributed by atoms with van der Waals surface area (Å²) in [5.74, 6) is -0.243. The molecule has 0 radical (unpaired) electrons. The lowest BCUT2D eigenvalue weighted by Gasteiger charge is -2.18. The van der Waals surface area contributed by atoms with Crippen LogP contribution < -0.4 is 5.73 Å². The molecule has 0 unspecified atom stereocenters. The molecule has 0 fully saturated rings. The Balaban J connectivity index is 2.23. The van der Waals surface area contributed by atoms with Crippen molar-refractivity contribution in [1.29, 1.82) is 0 Å².